The lowest BCUT2D eigenvalue weighted by Gasteiger charge is -2.34. The normalized spacial score (nSPS) is 20.1. The molecule has 1 aliphatic heterocycles. The molecule has 2 aromatic rings. The van der Waals surface area contributed by atoms with Crippen LogP contribution in [0.3, 0.4) is 0 Å². The van der Waals surface area contributed by atoms with Crippen molar-refractivity contribution in [1.29, 1.82) is 0 Å². The molecule has 1 atom stereocenters. The maximum absolute atomic E-state index is 12.9. The molecule has 1 aliphatic carbocycles. The van der Waals surface area contributed by atoms with E-state index in [9.17, 15) is 9.59 Å². The topological polar surface area (TPSA) is 62.6 Å². The highest BCUT2D eigenvalue weighted by molar-refractivity contribution is 5.98. The summed E-state index contributed by atoms with van der Waals surface area (Å²) in [6.45, 7) is 8.62. The summed E-state index contributed by atoms with van der Waals surface area (Å²) in [5.41, 5.74) is 3.80. The van der Waals surface area contributed by atoms with Crippen LogP contribution in [0.25, 0.3) is 0 Å². The molecular weight excluding hydrogens is 340 g/mol. The number of hydrogen-bond acceptors (Lipinski definition) is 3. The Labute approximate surface area is 159 Å². The van der Waals surface area contributed by atoms with Gasteiger partial charge in [-0.1, -0.05) is 13.8 Å². The van der Waals surface area contributed by atoms with Crippen LogP contribution >= 0.6 is 0 Å². The van der Waals surface area contributed by atoms with Crippen LogP contribution in [0, 0.1) is 12.3 Å². The number of hydrogen-bond donors (Lipinski definition) is 1. The summed E-state index contributed by atoms with van der Waals surface area (Å²) in [5.74, 6) is 1.84. The molecule has 2 heterocycles. The number of nitrogens with one attached hydrogen (secondary N) is 1. The minimum Gasteiger partial charge on any atom is -0.466 e. The van der Waals surface area contributed by atoms with Crippen LogP contribution in [0.5, 0.6) is 0 Å². The minimum atomic E-state index is -0.0772. The van der Waals surface area contributed by atoms with E-state index in [1.165, 1.54) is 0 Å². The first kappa shape index (κ1) is 17.8. The second kappa shape index (κ2) is 6.25. The van der Waals surface area contributed by atoms with E-state index in [1.807, 2.05) is 31.2 Å². The number of benzene rings is 1. The van der Waals surface area contributed by atoms with Crippen molar-refractivity contribution in [2.45, 2.75) is 53.0 Å². The molecule has 27 heavy (non-hydrogen) atoms. The number of fused-ring (bicyclic) bond motifs is 2. The molecule has 4 rings (SSSR count). The number of anilines is 1. The fraction of sp³-hybridized carbons (Fsp3) is 0.455. The molecule has 1 N–H and O–H groups in total. The third-order valence-corrected chi connectivity index (χ3v) is 5.66. The third-order valence-electron chi connectivity index (χ3n) is 5.66. The van der Waals surface area contributed by atoms with Crippen molar-refractivity contribution >= 4 is 17.5 Å². The number of furan rings is 1. The zero-order chi connectivity index (χ0) is 19.3. The molecule has 0 fully saturated rings. The van der Waals surface area contributed by atoms with Gasteiger partial charge in [-0.25, -0.2) is 0 Å². The van der Waals surface area contributed by atoms with E-state index in [2.05, 4.69) is 19.2 Å². The molecule has 2 aliphatic rings. The van der Waals surface area contributed by atoms with E-state index in [0.29, 0.717) is 12.1 Å². The van der Waals surface area contributed by atoms with Gasteiger partial charge in [-0.05, 0) is 55.0 Å². The first-order chi connectivity index (χ1) is 12.7. The summed E-state index contributed by atoms with van der Waals surface area (Å²) in [6, 6.07) is 7.61. The fourth-order valence-corrected chi connectivity index (χ4v) is 4.43. The van der Waals surface area contributed by atoms with Gasteiger partial charge in [0.1, 0.15) is 11.5 Å². The third kappa shape index (κ3) is 3.27. The molecule has 1 unspecified atom stereocenters. The molecule has 0 radical (unpaired) electrons. The summed E-state index contributed by atoms with van der Waals surface area (Å²) in [7, 11) is 0. The van der Waals surface area contributed by atoms with Crippen molar-refractivity contribution in [2.75, 3.05) is 11.4 Å². The zero-order valence-corrected chi connectivity index (χ0v) is 16.4. The highest BCUT2D eigenvalue weighted by Gasteiger charge is 2.35. The lowest BCUT2D eigenvalue weighted by atomic mass is 9.74. The predicted octanol–water partition coefficient (Wildman–Crippen LogP) is 3.94. The molecular formula is C22H26N2O3. The van der Waals surface area contributed by atoms with Crippen molar-refractivity contribution in [1.82, 2.24) is 5.32 Å². The highest BCUT2D eigenvalue weighted by Crippen LogP contribution is 2.42. The number of carbonyl (C=O) groups excluding carboxylic acids is 2. The molecule has 0 saturated carbocycles. The minimum absolute atomic E-state index is 0.0400. The Bertz CT molecular complexity index is 926. The van der Waals surface area contributed by atoms with Gasteiger partial charge in [0.05, 0.1) is 6.04 Å². The van der Waals surface area contributed by atoms with Crippen LogP contribution in [0.2, 0.25) is 0 Å². The Morgan fingerprint density at radius 2 is 2.04 bits per heavy atom. The van der Waals surface area contributed by atoms with E-state index in [4.69, 9.17) is 4.42 Å². The van der Waals surface area contributed by atoms with Crippen molar-refractivity contribution < 1.29 is 14.0 Å². The molecule has 5 heteroatoms. The van der Waals surface area contributed by atoms with Gasteiger partial charge in [0.2, 0.25) is 5.91 Å². The van der Waals surface area contributed by atoms with Crippen LogP contribution in [0.1, 0.15) is 66.2 Å². The molecule has 1 aromatic carbocycles. The second-order valence-electron chi connectivity index (χ2n) is 8.57. The first-order valence-corrected chi connectivity index (χ1v) is 9.55. The number of amides is 2. The quantitative estimate of drug-likeness (QED) is 0.876. The molecule has 0 spiro atoms. The van der Waals surface area contributed by atoms with Crippen molar-refractivity contribution in [2.24, 2.45) is 5.41 Å². The van der Waals surface area contributed by atoms with E-state index in [0.717, 1.165) is 47.6 Å². The molecule has 5 nitrogen and oxygen atoms in total. The predicted molar refractivity (Wildman–Crippen MR) is 104 cm³/mol. The Balaban J connectivity index is 1.57. The second-order valence-corrected chi connectivity index (χ2v) is 8.57. The van der Waals surface area contributed by atoms with E-state index in [1.54, 1.807) is 11.8 Å². The monoisotopic (exact) mass is 366 g/mol. The van der Waals surface area contributed by atoms with Gasteiger partial charge < -0.3 is 14.6 Å². The van der Waals surface area contributed by atoms with Gasteiger partial charge in [-0.15, -0.1) is 0 Å². The van der Waals surface area contributed by atoms with Gasteiger partial charge in [0.15, 0.2) is 0 Å². The maximum atomic E-state index is 12.9. The van der Waals surface area contributed by atoms with Crippen molar-refractivity contribution in [3.05, 3.63) is 52.5 Å². The van der Waals surface area contributed by atoms with Gasteiger partial charge in [0.25, 0.3) is 5.91 Å². The molecule has 142 valence electrons. The first-order valence-electron chi connectivity index (χ1n) is 9.55. The lowest BCUT2D eigenvalue weighted by molar-refractivity contribution is -0.116. The van der Waals surface area contributed by atoms with E-state index >= 15 is 0 Å². The van der Waals surface area contributed by atoms with Gasteiger partial charge in [-0.2, -0.15) is 0 Å². The van der Waals surface area contributed by atoms with Crippen LogP contribution in [-0.4, -0.2) is 18.4 Å². The zero-order valence-electron chi connectivity index (χ0n) is 16.4. The smallest absolute Gasteiger partial charge is 0.251 e. The highest BCUT2D eigenvalue weighted by atomic mass is 16.3. The number of carbonyl (C=O) groups is 2. The number of nitrogens with zero attached hydrogens (tertiary/aromatic N) is 1. The Hall–Kier alpha value is -2.56. The largest absolute Gasteiger partial charge is 0.466 e. The summed E-state index contributed by atoms with van der Waals surface area (Å²) in [5, 5.41) is 3.21. The van der Waals surface area contributed by atoms with Gasteiger partial charge in [0, 0.05) is 36.7 Å². The van der Waals surface area contributed by atoms with Crippen LogP contribution in [0.15, 0.2) is 28.7 Å². The summed E-state index contributed by atoms with van der Waals surface area (Å²) in [4.78, 5) is 26.4. The Morgan fingerprint density at radius 1 is 1.26 bits per heavy atom. The van der Waals surface area contributed by atoms with Crippen molar-refractivity contribution in [3.8, 4) is 0 Å². The molecule has 0 bridgehead atoms. The molecule has 2 amide bonds. The number of rotatable bonds is 2. The molecule has 0 saturated heterocycles. The Kier molecular flexibility index (Phi) is 4.13. The van der Waals surface area contributed by atoms with E-state index in [-0.39, 0.29) is 23.3 Å². The molecule has 1 aromatic heterocycles. The lowest BCUT2D eigenvalue weighted by Crippen LogP contribution is -2.36. The van der Waals surface area contributed by atoms with Crippen LogP contribution in [-0.2, 0) is 17.6 Å². The SMILES string of the molecule is CC(=O)N1CCc2cc(C(=O)NC3CC(C)(C)Cc4oc(C)cc43)ccc21. The standard InChI is InChI=1S/C22H26N2O3/c1-13-9-17-18(11-22(3,4)12-20(17)27-13)23-21(26)16-5-6-19-15(10-16)7-8-24(19)14(2)25/h5-6,9-10,18H,7-8,11-12H2,1-4H3,(H,23,26). The van der Waals surface area contributed by atoms with Gasteiger partial charge >= 0.3 is 0 Å². The average molecular weight is 366 g/mol. The van der Waals surface area contributed by atoms with E-state index < -0.39 is 0 Å². The van der Waals surface area contributed by atoms with Crippen LogP contribution < -0.4 is 10.2 Å². The summed E-state index contributed by atoms with van der Waals surface area (Å²) < 4.78 is 5.87. The Morgan fingerprint density at radius 3 is 2.78 bits per heavy atom. The van der Waals surface area contributed by atoms with Gasteiger partial charge in [-0.3, -0.25) is 9.59 Å². The average Bonchev–Trinajstić information content (AvgIpc) is 3.15. The van der Waals surface area contributed by atoms with Crippen LogP contribution in [0.4, 0.5) is 5.69 Å². The maximum Gasteiger partial charge on any atom is 0.251 e. The van der Waals surface area contributed by atoms with Crippen molar-refractivity contribution in [3.63, 3.8) is 0 Å². The summed E-state index contributed by atoms with van der Waals surface area (Å²) in [6.07, 6.45) is 2.56. The number of aryl methyl sites for hydroxylation is 1. The summed E-state index contributed by atoms with van der Waals surface area (Å²) >= 11 is 0. The fourth-order valence-electron chi connectivity index (χ4n) is 4.43.